The van der Waals surface area contributed by atoms with Crippen LogP contribution in [0.3, 0.4) is 0 Å². The van der Waals surface area contributed by atoms with Crippen molar-refractivity contribution in [2.75, 3.05) is 6.54 Å². The molecule has 0 fully saturated rings. The topological polar surface area (TPSA) is 84.5 Å². The predicted octanol–water partition coefficient (Wildman–Crippen LogP) is 2.71. The zero-order chi connectivity index (χ0) is 20.8. The smallest absolute Gasteiger partial charge is 0.406 e. The Labute approximate surface area is 158 Å². The third-order valence-electron chi connectivity index (χ3n) is 3.45. The molecule has 6 nitrogen and oxygen atoms in total. The van der Waals surface area contributed by atoms with E-state index in [0.717, 1.165) is 24.3 Å². The first kappa shape index (κ1) is 21.6. The van der Waals surface area contributed by atoms with Gasteiger partial charge in [-0.2, -0.15) is 0 Å². The molecule has 0 spiro atoms. The Morgan fingerprint density at radius 2 is 1.68 bits per heavy atom. The van der Waals surface area contributed by atoms with Crippen LogP contribution in [0.15, 0.2) is 53.4 Å². The summed E-state index contributed by atoms with van der Waals surface area (Å²) in [7, 11) is -4.02. The third-order valence-corrected chi connectivity index (χ3v) is 4.92. The van der Waals surface area contributed by atoms with Gasteiger partial charge in [0.1, 0.15) is 11.6 Å². The van der Waals surface area contributed by atoms with Gasteiger partial charge < -0.3 is 10.1 Å². The van der Waals surface area contributed by atoms with Crippen LogP contribution in [0.4, 0.5) is 17.6 Å². The zero-order valence-corrected chi connectivity index (χ0v) is 15.1. The van der Waals surface area contributed by atoms with Gasteiger partial charge in [-0.15, -0.1) is 13.2 Å². The number of alkyl halides is 3. The van der Waals surface area contributed by atoms with Gasteiger partial charge in [-0.1, -0.05) is 18.2 Å². The van der Waals surface area contributed by atoms with E-state index >= 15 is 0 Å². The largest absolute Gasteiger partial charge is 0.573 e. The number of rotatable bonds is 8. The van der Waals surface area contributed by atoms with Crippen molar-refractivity contribution in [2.45, 2.75) is 24.2 Å². The molecular weight excluding hydrogens is 404 g/mol. The fraction of sp³-hybridized carbons (Fsp3) is 0.235. The monoisotopic (exact) mass is 420 g/mol. The molecule has 0 heterocycles. The molecule has 0 aliphatic carbocycles. The second-order valence-electron chi connectivity index (χ2n) is 5.54. The third kappa shape index (κ3) is 6.82. The molecule has 2 aromatic rings. The zero-order valence-electron chi connectivity index (χ0n) is 14.3. The van der Waals surface area contributed by atoms with Gasteiger partial charge in [0, 0.05) is 25.1 Å². The summed E-state index contributed by atoms with van der Waals surface area (Å²) in [5.41, 5.74) is 0.289. The van der Waals surface area contributed by atoms with Gasteiger partial charge in [0.15, 0.2) is 0 Å². The van der Waals surface area contributed by atoms with E-state index in [4.69, 9.17) is 0 Å². The van der Waals surface area contributed by atoms with E-state index in [9.17, 15) is 30.8 Å². The summed E-state index contributed by atoms with van der Waals surface area (Å²) in [5, 5.41) is 2.46. The lowest BCUT2D eigenvalue weighted by atomic mass is 10.2. The van der Waals surface area contributed by atoms with Gasteiger partial charge in [0.2, 0.25) is 15.9 Å². The summed E-state index contributed by atoms with van der Waals surface area (Å²) in [6.45, 7) is -0.287. The number of ether oxygens (including phenoxy) is 1. The van der Waals surface area contributed by atoms with E-state index in [1.165, 1.54) is 18.2 Å². The molecule has 2 N–H and O–H groups in total. The fourth-order valence-corrected chi connectivity index (χ4v) is 3.16. The van der Waals surface area contributed by atoms with Crippen molar-refractivity contribution < 1.29 is 35.5 Å². The van der Waals surface area contributed by atoms with E-state index in [2.05, 4.69) is 14.8 Å². The number of hydrogen-bond acceptors (Lipinski definition) is 4. The average molecular weight is 420 g/mol. The standard InChI is InChI=1S/C17H16F4N2O4S/c18-15-4-2-1-3-12(15)11-22-16(24)9-10-23-28(25,26)14-7-5-13(6-8-14)27-17(19,20)21/h1-8,23H,9-11H2,(H,22,24). The quantitative estimate of drug-likeness (QED) is 0.644. The van der Waals surface area contributed by atoms with Crippen molar-refractivity contribution in [3.63, 3.8) is 0 Å². The van der Waals surface area contributed by atoms with Crippen LogP contribution in [0.5, 0.6) is 5.75 Å². The van der Waals surface area contributed by atoms with Crippen LogP contribution in [-0.2, 0) is 21.4 Å². The van der Waals surface area contributed by atoms with Crippen molar-refractivity contribution in [3.8, 4) is 5.75 Å². The van der Waals surface area contributed by atoms with Crippen LogP contribution < -0.4 is 14.8 Å². The highest BCUT2D eigenvalue weighted by molar-refractivity contribution is 7.89. The van der Waals surface area contributed by atoms with Gasteiger partial charge in [0.05, 0.1) is 4.90 Å². The number of hydrogen-bond donors (Lipinski definition) is 2. The number of carbonyl (C=O) groups excluding carboxylic acids is 1. The van der Waals surface area contributed by atoms with Crippen LogP contribution in [0, 0.1) is 5.82 Å². The summed E-state index contributed by atoms with van der Waals surface area (Å²) >= 11 is 0. The Morgan fingerprint density at radius 1 is 1.04 bits per heavy atom. The molecule has 0 aliphatic heterocycles. The second-order valence-corrected chi connectivity index (χ2v) is 7.30. The Morgan fingerprint density at radius 3 is 2.29 bits per heavy atom. The summed E-state index contributed by atoms with van der Waals surface area (Å²) in [5.74, 6) is -1.53. The Hall–Kier alpha value is -2.66. The number of nitrogens with one attached hydrogen (secondary N) is 2. The Bertz CT molecular complexity index is 915. The number of benzene rings is 2. The number of carbonyl (C=O) groups is 1. The number of sulfonamides is 1. The molecule has 0 aliphatic rings. The number of halogens is 4. The summed E-state index contributed by atoms with van der Waals surface area (Å²) in [6.07, 6.45) is -5.09. The number of amides is 1. The highest BCUT2D eigenvalue weighted by Gasteiger charge is 2.31. The van der Waals surface area contributed by atoms with Crippen LogP contribution in [0.2, 0.25) is 0 Å². The first-order valence-corrected chi connectivity index (χ1v) is 9.41. The minimum absolute atomic E-state index is 0.0427. The lowest BCUT2D eigenvalue weighted by molar-refractivity contribution is -0.274. The van der Waals surface area contributed by atoms with Crippen molar-refractivity contribution in [3.05, 3.63) is 59.9 Å². The molecule has 0 aromatic heterocycles. The van der Waals surface area contributed by atoms with Gasteiger partial charge in [-0.25, -0.2) is 17.5 Å². The summed E-state index contributed by atoms with van der Waals surface area (Å²) in [6, 6.07) is 9.50. The maximum absolute atomic E-state index is 13.4. The molecule has 28 heavy (non-hydrogen) atoms. The van der Waals surface area contributed by atoms with E-state index in [-0.39, 0.29) is 30.0 Å². The molecule has 0 atom stereocenters. The lowest BCUT2D eigenvalue weighted by Gasteiger charge is -2.10. The minimum Gasteiger partial charge on any atom is -0.406 e. The second kappa shape index (κ2) is 9.02. The molecule has 0 bridgehead atoms. The fourth-order valence-electron chi connectivity index (χ4n) is 2.13. The van der Waals surface area contributed by atoms with Gasteiger partial charge in [-0.3, -0.25) is 4.79 Å². The Balaban J connectivity index is 1.82. The average Bonchev–Trinajstić information content (AvgIpc) is 2.60. The van der Waals surface area contributed by atoms with Crippen LogP contribution in [0.25, 0.3) is 0 Å². The first-order valence-electron chi connectivity index (χ1n) is 7.92. The van der Waals surface area contributed by atoms with Crippen molar-refractivity contribution >= 4 is 15.9 Å². The predicted molar refractivity (Wildman–Crippen MR) is 91.2 cm³/mol. The van der Waals surface area contributed by atoms with E-state index in [1.54, 1.807) is 6.07 Å². The summed E-state index contributed by atoms with van der Waals surface area (Å²) in [4.78, 5) is 11.5. The van der Waals surface area contributed by atoms with Gasteiger partial charge >= 0.3 is 6.36 Å². The molecule has 2 aromatic carbocycles. The van der Waals surface area contributed by atoms with Gasteiger partial charge in [-0.05, 0) is 30.3 Å². The van der Waals surface area contributed by atoms with Crippen LogP contribution >= 0.6 is 0 Å². The maximum atomic E-state index is 13.4. The maximum Gasteiger partial charge on any atom is 0.573 e. The first-order chi connectivity index (χ1) is 13.1. The molecular formula is C17H16F4N2O4S. The van der Waals surface area contributed by atoms with Crippen molar-refractivity contribution in [1.82, 2.24) is 10.0 Å². The van der Waals surface area contributed by atoms with E-state index in [1.807, 2.05) is 0 Å². The Kier molecular flexibility index (Phi) is 6.97. The molecule has 0 unspecified atom stereocenters. The normalized spacial score (nSPS) is 11.9. The van der Waals surface area contributed by atoms with Crippen molar-refractivity contribution in [1.29, 1.82) is 0 Å². The highest BCUT2D eigenvalue weighted by atomic mass is 32.2. The van der Waals surface area contributed by atoms with Crippen LogP contribution in [-0.4, -0.2) is 27.2 Å². The summed E-state index contributed by atoms with van der Waals surface area (Å²) < 4.78 is 79.7. The molecule has 152 valence electrons. The molecule has 0 saturated carbocycles. The molecule has 11 heteroatoms. The van der Waals surface area contributed by atoms with Crippen LogP contribution in [0.1, 0.15) is 12.0 Å². The molecule has 1 amide bonds. The van der Waals surface area contributed by atoms with Gasteiger partial charge in [0.25, 0.3) is 0 Å². The molecule has 0 saturated heterocycles. The lowest BCUT2D eigenvalue weighted by Crippen LogP contribution is -2.30. The molecule has 2 rings (SSSR count). The minimum atomic E-state index is -4.88. The van der Waals surface area contributed by atoms with E-state index in [0.29, 0.717) is 0 Å². The van der Waals surface area contributed by atoms with E-state index < -0.39 is 33.9 Å². The SMILES string of the molecule is O=C(CCNS(=O)(=O)c1ccc(OC(F)(F)F)cc1)NCc1ccccc1F. The highest BCUT2D eigenvalue weighted by Crippen LogP contribution is 2.23. The van der Waals surface area contributed by atoms with Crippen molar-refractivity contribution in [2.24, 2.45) is 0 Å². The molecule has 0 radical (unpaired) electrons.